The highest BCUT2D eigenvalue weighted by molar-refractivity contribution is 5.83. The summed E-state index contributed by atoms with van der Waals surface area (Å²) in [6.07, 6.45) is 4.97. The van der Waals surface area contributed by atoms with Crippen molar-refractivity contribution in [3.63, 3.8) is 0 Å². The first kappa shape index (κ1) is 10.2. The molecular formula is C13H8FN5. The van der Waals surface area contributed by atoms with E-state index in [9.17, 15) is 4.39 Å². The third-order valence-corrected chi connectivity index (χ3v) is 3.06. The minimum Gasteiger partial charge on any atom is -0.261 e. The molecule has 0 radical (unpaired) electrons. The largest absolute Gasteiger partial charge is 0.261 e. The number of aromatic nitrogens is 5. The lowest BCUT2D eigenvalue weighted by Crippen LogP contribution is -1.90. The molecular weight excluding hydrogens is 245 g/mol. The summed E-state index contributed by atoms with van der Waals surface area (Å²) in [4.78, 5) is 4.28. The molecule has 4 heterocycles. The van der Waals surface area contributed by atoms with Crippen LogP contribution in [0.15, 0.2) is 42.9 Å². The molecule has 0 saturated heterocycles. The number of H-pyrrole nitrogens is 1. The van der Waals surface area contributed by atoms with Crippen molar-refractivity contribution in [2.45, 2.75) is 0 Å². The zero-order valence-electron chi connectivity index (χ0n) is 9.71. The number of aromatic amines is 1. The molecule has 4 aromatic heterocycles. The molecule has 19 heavy (non-hydrogen) atoms. The Morgan fingerprint density at radius 3 is 3.11 bits per heavy atom. The van der Waals surface area contributed by atoms with Gasteiger partial charge in [-0.3, -0.25) is 5.10 Å². The molecule has 0 fully saturated rings. The normalized spacial score (nSPS) is 11.4. The van der Waals surface area contributed by atoms with Crippen LogP contribution in [0.2, 0.25) is 0 Å². The lowest BCUT2D eigenvalue weighted by molar-refractivity contribution is 0.628. The highest BCUT2D eigenvalue weighted by Gasteiger charge is 2.14. The third kappa shape index (κ3) is 1.43. The van der Waals surface area contributed by atoms with Crippen LogP contribution in [0.3, 0.4) is 0 Å². The summed E-state index contributed by atoms with van der Waals surface area (Å²) in [5.41, 5.74) is 2.31. The van der Waals surface area contributed by atoms with E-state index < -0.39 is 0 Å². The van der Waals surface area contributed by atoms with Gasteiger partial charge in [0.2, 0.25) is 0 Å². The van der Waals surface area contributed by atoms with Gasteiger partial charge in [0.05, 0.1) is 17.9 Å². The van der Waals surface area contributed by atoms with Crippen LogP contribution in [0.1, 0.15) is 0 Å². The average Bonchev–Trinajstić information content (AvgIpc) is 3.03. The maximum Gasteiger partial charge on any atom is 0.156 e. The van der Waals surface area contributed by atoms with Crippen molar-refractivity contribution in [3.8, 4) is 11.3 Å². The van der Waals surface area contributed by atoms with Crippen LogP contribution in [0.4, 0.5) is 4.39 Å². The first-order chi connectivity index (χ1) is 9.33. The number of nitrogens with zero attached hydrogens (tertiary/aromatic N) is 4. The summed E-state index contributed by atoms with van der Waals surface area (Å²) in [5.74, 6) is -0.382. The quantitative estimate of drug-likeness (QED) is 0.566. The topological polar surface area (TPSA) is 58.9 Å². The van der Waals surface area contributed by atoms with Crippen LogP contribution in [0.5, 0.6) is 0 Å². The summed E-state index contributed by atoms with van der Waals surface area (Å²) in [6.45, 7) is 0. The molecule has 0 aliphatic rings. The maximum atomic E-state index is 14.1. The van der Waals surface area contributed by atoms with Gasteiger partial charge in [-0.2, -0.15) is 10.2 Å². The summed E-state index contributed by atoms with van der Waals surface area (Å²) in [7, 11) is 0. The second kappa shape index (κ2) is 3.61. The molecule has 1 N–H and O–H groups in total. The van der Waals surface area contributed by atoms with E-state index in [4.69, 9.17) is 0 Å². The molecule has 4 aromatic rings. The predicted molar refractivity (Wildman–Crippen MR) is 68.0 cm³/mol. The number of pyridine rings is 2. The average molecular weight is 253 g/mol. The number of hydrogen-bond acceptors (Lipinski definition) is 3. The Morgan fingerprint density at radius 1 is 1.21 bits per heavy atom. The van der Waals surface area contributed by atoms with E-state index in [1.54, 1.807) is 16.9 Å². The molecule has 0 amide bonds. The van der Waals surface area contributed by atoms with Gasteiger partial charge in [0.25, 0.3) is 0 Å². The molecule has 5 nitrogen and oxygen atoms in total. The first-order valence-electron chi connectivity index (χ1n) is 5.75. The SMILES string of the molecule is Fc1cc2cn[nH]c2nc1-c1cnn2ccccc12. The molecule has 0 aliphatic heterocycles. The Kier molecular flexibility index (Phi) is 1.94. The van der Waals surface area contributed by atoms with Crippen LogP contribution in [0, 0.1) is 5.82 Å². The highest BCUT2D eigenvalue weighted by Crippen LogP contribution is 2.27. The molecule has 0 spiro atoms. The van der Waals surface area contributed by atoms with Crippen LogP contribution in [-0.2, 0) is 0 Å². The minimum atomic E-state index is -0.382. The van der Waals surface area contributed by atoms with E-state index in [-0.39, 0.29) is 11.5 Å². The molecule has 0 unspecified atom stereocenters. The van der Waals surface area contributed by atoms with Gasteiger partial charge in [0, 0.05) is 17.1 Å². The van der Waals surface area contributed by atoms with Crippen molar-refractivity contribution in [3.05, 3.63) is 48.7 Å². The van der Waals surface area contributed by atoms with Crippen LogP contribution < -0.4 is 0 Å². The molecule has 4 rings (SSSR count). The van der Waals surface area contributed by atoms with Gasteiger partial charge >= 0.3 is 0 Å². The Balaban J connectivity index is 2.05. The zero-order chi connectivity index (χ0) is 12.8. The van der Waals surface area contributed by atoms with Crippen molar-refractivity contribution in [2.24, 2.45) is 0 Å². The Morgan fingerprint density at radius 2 is 2.16 bits per heavy atom. The summed E-state index contributed by atoms with van der Waals surface area (Å²) >= 11 is 0. The fourth-order valence-corrected chi connectivity index (χ4v) is 2.16. The van der Waals surface area contributed by atoms with Gasteiger partial charge in [-0.05, 0) is 18.2 Å². The van der Waals surface area contributed by atoms with Crippen LogP contribution >= 0.6 is 0 Å². The van der Waals surface area contributed by atoms with Crippen molar-refractivity contribution in [1.29, 1.82) is 0 Å². The predicted octanol–water partition coefficient (Wildman–Crippen LogP) is 2.41. The number of rotatable bonds is 1. The summed E-state index contributed by atoms with van der Waals surface area (Å²) in [6, 6.07) is 7.05. The van der Waals surface area contributed by atoms with Crippen LogP contribution in [-0.4, -0.2) is 24.8 Å². The number of halogens is 1. The molecule has 0 saturated carbocycles. The third-order valence-electron chi connectivity index (χ3n) is 3.06. The van der Waals surface area contributed by atoms with Crippen molar-refractivity contribution >= 4 is 16.6 Å². The van der Waals surface area contributed by atoms with E-state index in [2.05, 4.69) is 20.3 Å². The molecule has 0 aliphatic carbocycles. The first-order valence-corrected chi connectivity index (χ1v) is 5.75. The standard InChI is InChI=1S/C13H8FN5/c14-10-5-8-6-15-18-13(8)17-12(10)9-7-16-19-4-2-1-3-11(9)19/h1-7H,(H,15,17,18). The Hall–Kier alpha value is -2.76. The van der Waals surface area contributed by atoms with Gasteiger partial charge in [-0.25, -0.2) is 13.9 Å². The monoisotopic (exact) mass is 253 g/mol. The Bertz CT molecular complexity index is 892. The van der Waals surface area contributed by atoms with Gasteiger partial charge in [-0.1, -0.05) is 6.07 Å². The second-order valence-electron chi connectivity index (χ2n) is 4.22. The van der Waals surface area contributed by atoms with Gasteiger partial charge in [0.15, 0.2) is 5.65 Å². The smallest absolute Gasteiger partial charge is 0.156 e. The fraction of sp³-hybridized carbons (Fsp3) is 0. The van der Waals surface area contributed by atoms with Crippen molar-refractivity contribution in [1.82, 2.24) is 24.8 Å². The van der Waals surface area contributed by atoms with Gasteiger partial charge in [-0.15, -0.1) is 0 Å². The lowest BCUT2D eigenvalue weighted by Gasteiger charge is -2.01. The van der Waals surface area contributed by atoms with E-state index in [1.165, 1.54) is 6.07 Å². The number of nitrogens with one attached hydrogen (secondary N) is 1. The summed E-state index contributed by atoms with van der Waals surface area (Å²) in [5, 5.41) is 11.4. The highest BCUT2D eigenvalue weighted by atomic mass is 19.1. The molecule has 0 aromatic carbocycles. The van der Waals surface area contributed by atoms with Crippen molar-refractivity contribution in [2.75, 3.05) is 0 Å². The molecule has 92 valence electrons. The fourth-order valence-electron chi connectivity index (χ4n) is 2.16. The molecule has 6 heteroatoms. The van der Waals surface area contributed by atoms with Crippen molar-refractivity contribution < 1.29 is 4.39 Å². The zero-order valence-corrected chi connectivity index (χ0v) is 9.71. The lowest BCUT2D eigenvalue weighted by atomic mass is 10.1. The minimum absolute atomic E-state index is 0.276. The van der Waals surface area contributed by atoms with E-state index >= 15 is 0 Å². The second-order valence-corrected chi connectivity index (χ2v) is 4.22. The molecule has 0 atom stereocenters. The van der Waals surface area contributed by atoms with Gasteiger partial charge < -0.3 is 0 Å². The number of fused-ring (bicyclic) bond motifs is 2. The van der Waals surface area contributed by atoms with E-state index in [0.29, 0.717) is 16.6 Å². The van der Waals surface area contributed by atoms with E-state index in [0.717, 1.165) is 5.52 Å². The maximum absolute atomic E-state index is 14.1. The van der Waals surface area contributed by atoms with Crippen LogP contribution in [0.25, 0.3) is 27.8 Å². The van der Waals surface area contributed by atoms with Gasteiger partial charge in [0.1, 0.15) is 11.5 Å². The Labute approximate surface area is 106 Å². The molecule has 0 bridgehead atoms. The number of hydrogen-bond donors (Lipinski definition) is 1. The summed E-state index contributed by atoms with van der Waals surface area (Å²) < 4.78 is 15.8. The van der Waals surface area contributed by atoms with E-state index in [1.807, 2.05) is 24.4 Å².